The number of halogens is 1. The minimum atomic E-state index is -0.444. The van der Waals surface area contributed by atoms with Gasteiger partial charge in [0.05, 0.1) is 18.4 Å². The monoisotopic (exact) mass is 399 g/mol. The molecule has 0 bridgehead atoms. The van der Waals surface area contributed by atoms with E-state index in [1.165, 1.54) is 35.3 Å². The molecule has 1 aliphatic rings. The van der Waals surface area contributed by atoms with Gasteiger partial charge in [-0.3, -0.25) is 4.79 Å². The van der Waals surface area contributed by atoms with Crippen LogP contribution in [0.2, 0.25) is 0 Å². The number of amides is 1. The number of carbonyl (C=O) groups is 2. The second-order valence-electron chi connectivity index (χ2n) is 6.49. The highest BCUT2D eigenvalue weighted by Gasteiger charge is 2.27. The van der Waals surface area contributed by atoms with Crippen LogP contribution in [0.4, 0.5) is 9.39 Å². The lowest BCUT2D eigenvalue weighted by atomic mass is 9.95. The maximum atomic E-state index is 13.4. The number of aromatic nitrogens is 2. The van der Waals surface area contributed by atoms with Gasteiger partial charge in [0.1, 0.15) is 10.8 Å². The minimum Gasteiger partial charge on any atom is -0.465 e. The van der Waals surface area contributed by atoms with E-state index >= 15 is 0 Å². The van der Waals surface area contributed by atoms with Gasteiger partial charge in [-0.15, -0.1) is 11.3 Å². The Balaban J connectivity index is 1.61. The quantitative estimate of drug-likeness (QED) is 0.674. The molecule has 3 aromatic rings. The number of aryl methyl sites for hydroxylation is 1. The lowest BCUT2D eigenvalue weighted by molar-refractivity contribution is 0.0601. The topological polar surface area (TPSA) is 73.2 Å². The Labute approximate surface area is 164 Å². The summed E-state index contributed by atoms with van der Waals surface area (Å²) in [5.74, 6) is -1.26. The molecule has 2 aromatic heterocycles. The molecule has 0 aliphatic heterocycles. The van der Waals surface area contributed by atoms with Crippen molar-refractivity contribution in [2.24, 2.45) is 0 Å². The summed E-state index contributed by atoms with van der Waals surface area (Å²) in [6.07, 6.45) is 5.37. The summed E-state index contributed by atoms with van der Waals surface area (Å²) in [6, 6.07) is 7.49. The van der Waals surface area contributed by atoms with Gasteiger partial charge in [-0.2, -0.15) is 5.10 Å². The third kappa shape index (κ3) is 3.43. The van der Waals surface area contributed by atoms with E-state index in [9.17, 15) is 14.0 Å². The van der Waals surface area contributed by atoms with E-state index in [1.807, 2.05) is 0 Å². The molecule has 0 atom stereocenters. The first kappa shape index (κ1) is 18.4. The van der Waals surface area contributed by atoms with E-state index in [1.54, 1.807) is 24.4 Å². The molecule has 1 aromatic carbocycles. The summed E-state index contributed by atoms with van der Waals surface area (Å²) in [7, 11) is 1.33. The van der Waals surface area contributed by atoms with Crippen molar-refractivity contribution in [3.05, 3.63) is 64.0 Å². The van der Waals surface area contributed by atoms with Crippen LogP contribution in [0.15, 0.2) is 36.5 Å². The van der Waals surface area contributed by atoms with Crippen LogP contribution < -0.4 is 5.32 Å². The number of nitrogens with zero attached hydrogens (tertiary/aromatic N) is 2. The zero-order chi connectivity index (χ0) is 19.7. The average molecular weight is 399 g/mol. The standard InChI is InChI=1S/C20H18FN3O3S/c1-27-20(26)17-14-7-2-3-8-16(14)28-19(17)22-18(25)15-9-10-24(23-15)13-6-4-5-12(21)11-13/h4-6,9-11H,2-3,7-8H2,1H3,(H,22,25). The van der Waals surface area contributed by atoms with Crippen molar-refractivity contribution in [3.63, 3.8) is 0 Å². The van der Waals surface area contributed by atoms with Crippen LogP contribution in [0, 0.1) is 5.82 Å². The number of hydrogen-bond donors (Lipinski definition) is 1. The second-order valence-corrected chi connectivity index (χ2v) is 7.59. The normalized spacial score (nSPS) is 13.1. The molecule has 1 amide bonds. The van der Waals surface area contributed by atoms with E-state index in [-0.39, 0.29) is 11.5 Å². The number of thiophene rings is 1. The molecule has 6 nitrogen and oxygen atoms in total. The van der Waals surface area contributed by atoms with Crippen molar-refractivity contribution < 1.29 is 18.7 Å². The molecule has 0 saturated carbocycles. The summed E-state index contributed by atoms with van der Waals surface area (Å²) < 4.78 is 19.8. The lowest BCUT2D eigenvalue weighted by Gasteiger charge is -2.11. The van der Waals surface area contributed by atoms with E-state index in [4.69, 9.17) is 4.74 Å². The SMILES string of the molecule is COC(=O)c1c(NC(=O)c2ccn(-c3cccc(F)c3)n2)sc2c1CCCC2. The number of methoxy groups -OCH3 is 1. The van der Waals surface area contributed by atoms with Gasteiger partial charge in [0, 0.05) is 11.1 Å². The van der Waals surface area contributed by atoms with Crippen molar-refractivity contribution >= 4 is 28.2 Å². The number of anilines is 1. The van der Waals surface area contributed by atoms with Gasteiger partial charge in [0.15, 0.2) is 5.69 Å². The first-order valence-corrected chi connectivity index (χ1v) is 9.74. The Hall–Kier alpha value is -3.00. The summed E-state index contributed by atoms with van der Waals surface area (Å²) in [5, 5.41) is 7.51. The molecule has 2 heterocycles. The maximum absolute atomic E-state index is 13.4. The zero-order valence-electron chi connectivity index (χ0n) is 15.2. The Bertz CT molecular complexity index is 1060. The summed E-state index contributed by atoms with van der Waals surface area (Å²) in [5.41, 5.74) is 2.11. The fourth-order valence-corrected chi connectivity index (χ4v) is 4.62. The third-order valence-electron chi connectivity index (χ3n) is 4.68. The van der Waals surface area contributed by atoms with Crippen LogP contribution in [-0.4, -0.2) is 28.8 Å². The minimum absolute atomic E-state index is 0.173. The van der Waals surface area contributed by atoms with Gasteiger partial charge >= 0.3 is 5.97 Å². The predicted molar refractivity (Wildman–Crippen MR) is 104 cm³/mol. The van der Waals surface area contributed by atoms with E-state index in [2.05, 4.69) is 10.4 Å². The molecule has 0 radical (unpaired) electrons. The summed E-state index contributed by atoms with van der Waals surface area (Å²) in [4.78, 5) is 26.1. The van der Waals surface area contributed by atoms with E-state index < -0.39 is 11.9 Å². The molecular weight excluding hydrogens is 381 g/mol. The van der Waals surface area contributed by atoms with Crippen LogP contribution in [0.1, 0.15) is 44.1 Å². The van der Waals surface area contributed by atoms with Gasteiger partial charge in [-0.25, -0.2) is 13.9 Å². The molecule has 4 rings (SSSR count). The highest BCUT2D eigenvalue weighted by Crippen LogP contribution is 2.38. The number of nitrogens with one attached hydrogen (secondary N) is 1. The molecular formula is C20H18FN3O3S. The second kappa shape index (κ2) is 7.55. The van der Waals surface area contributed by atoms with Crippen molar-refractivity contribution in [2.45, 2.75) is 25.7 Å². The molecule has 0 fully saturated rings. The molecule has 144 valence electrons. The van der Waals surface area contributed by atoms with Gasteiger partial charge in [0.2, 0.25) is 0 Å². The van der Waals surface area contributed by atoms with Gasteiger partial charge in [0.25, 0.3) is 5.91 Å². The predicted octanol–water partition coefficient (Wildman–Crippen LogP) is 3.99. The lowest BCUT2D eigenvalue weighted by Crippen LogP contribution is -2.16. The van der Waals surface area contributed by atoms with Gasteiger partial charge in [-0.1, -0.05) is 6.07 Å². The third-order valence-corrected chi connectivity index (χ3v) is 5.89. The Morgan fingerprint density at radius 1 is 1.25 bits per heavy atom. The molecule has 8 heteroatoms. The highest BCUT2D eigenvalue weighted by molar-refractivity contribution is 7.17. The molecule has 0 spiro atoms. The number of carbonyl (C=O) groups excluding carboxylic acids is 2. The fraction of sp³-hybridized carbons (Fsp3) is 0.250. The number of hydrogen-bond acceptors (Lipinski definition) is 5. The van der Waals surface area contributed by atoms with Gasteiger partial charge < -0.3 is 10.1 Å². The largest absolute Gasteiger partial charge is 0.465 e. The van der Waals surface area contributed by atoms with E-state index in [0.29, 0.717) is 16.3 Å². The van der Waals surface area contributed by atoms with Gasteiger partial charge in [-0.05, 0) is 55.5 Å². The van der Waals surface area contributed by atoms with Crippen molar-refractivity contribution in [3.8, 4) is 5.69 Å². The summed E-state index contributed by atoms with van der Waals surface area (Å²) >= 11 is 1.42. The van der Waals surface area contributed by atoms with Crippen molar-refractivity contribution in [2.75, 3.05) is 12.4 Å². The zero-order valence-corrected chi connectivity index (χ0v) is 16.0. The average Bonchev–Trinajstić information content (AvgIpc) is 3.32. The first-order valence-electron chi connectivity index (χ1n) is 8.92. The van der Waals surface area contributed by atoms with Crippen LogP contribution >= 0.6 is 11.3 Å². The van der Waals surface area contributed by atoms with Crippen molar-refractivity contribution in [1.82, 2.24) is 9.78 Å². The fourth-order valence-electron chi connectivity index (χ4n) is 3.35. The number of rotatable bonds is 4. The van der Waals surface area contributed by atoms with Crippen molar-refractivity contribution in [1.29, 1.82) is 0 Å². The Morgan fingerprint density at radius 2 is 2.07 bits per heavy atom. The Morgan fingerprint density at radius 3 is 2.86 bits per heavy atom. The van der Waals surface area contributed by atoms with Crippen LogP contribution in [0.3, 0.4) is 0 Å². The number of esters is 1. The van der Waals surface area contributed by atoms with Crippen LogP contribution in [0.25, 0.3) is 5.69 Å². The Kier molecular flexibility index (Phi) is 4.95. The maximum Gasteiger partial charge on any atom is 0.341 e. The molecule has 0 unspecified atom stereocenters. The van der Waals surface area contributed by atoms with E-state index in [0.717, 1.165) is 36.1 Å². The molecule has 1 N–H and O–H groups in total. The first-order chi connectivity index (χ1) is 13.6. The molecule has 1 aliphatic carbocycles. The number of benzene rings is 1. The smallest absolute Gasteiger partial charge is 0.341 e. The van der Waals surface area contributed by atoms with Crippen LogP contribution in [0.5, 0.6) is 0 Å². The molecule has 28 heavy (non-hydrogen) atoms. The number of fused-ring (bicyclic) bond motifs is 1. The van der Waals surface area contributed by atoms with Crippen LogP contribution in [-0.2, 0) is 17.6 Å². The number of ether oxygens (including phenoxy) is 1. The highest BCUT2D eigenvalue weighted by atomic mass is 32.1. The molecule has 0 saturated heterocycles. The summed E-state index contributed by atoms with van der Waals surface area (Å²) in [6.45, 7) is 0.